The van der Waals surface area contributed by atoms with E-state index in [0.717, 1.165) is 22.2 Å². The molecule has 0 bridgehead atoms. The van der Waals surface area contributed by atoms with Gasteiger partial charge in [0.05, 0.1) is 11.6 Å². The fourth-order valence-corrected chi connectivity index (χ4v) is 2.39. The van der Waals surface area contributed by atoms with E-state index in [2.05, 4.69) is 15.7 Å². The molecule has 3 aromatic rings. The van der Waals surface area contributed by atoms with Gasteiger partial charge in [-0.2, -0.15) is 0 Å². The van der Waals surface area contributed by atoms with Crippen molar-refractivity contribution in [1.82, 2.24) is 20.4 Å². The number of nitrogens with one attached hydrogen (secondary N) is 1. The third kappa shape index (κ3) is 3.01. The van der Waals surface area contributed by atoms with Gasteiger partial charge >= 0.3 is 0 Å². The van der Waals surface area contributed by atoms with E-state index in [9.17, 15) is 0 Å². The van der Waals surface area contributed by atoms with Crippen LogP contribution in [0.5, 0.6) is 0 Å². The fourth-order valence-electron chi connectivity index (χ4n) is 2.27. The smallest absolute Gasteiger partial charge is 0.113 e. The lowest BCUT2D eigenvalue weighted by Crippen LogP contribution is -2.28. The highest BCUT2D eigenvalue weighted by atomic mass is 35.5. The summed E-state index contributed by atoms with van der Waals surface area (Å²) in [6, 6.07) is 13.5. The molecule has 0 saturated heterocycles. The molecule has 0 fully saturated rings. The molecule has 0 spiro atoms. The number of fused-ring (bicyclic) bond motifs is 1. The molecule has 3 rings (SSSR count). The average molecular weight is 324 g/mol. The number of aryl methyl sites for hydroxylation is 1. The van der Waals surface area contributed by atoms with Crippen LogP contribution in [0.2, 0.25) is 5.02 Å². The van der Waals surface area contributed by atoms with Gasteiger partial charge in [0.2, 0.25) is 0 Å². The van der Waals surface area contributed by atoms with Crippen molar-refractivity contribution in [3.63, 3.8) is 0 Å². The van der Waals surface area contributed by atoms with Crippen molar-refractivity contribution in [2.24, 2.45) is 12.9 Å². The summed E-state index contributed by atoms with van der Waals surface area (Å²) < 4.78 is 1.74. The second-order valence-electron chi connectivity index (χ2n) is 4.61. The highest BCUT2D eigenvalue weighted by molar-refractivity contribution is 6.30. The number of hydrogen-bond acceptors (Lipinski definition) is 4. The summed E-state index contributed by atoms with van der Waals surface area (Å²) in [5, 5.41) is 8.78. The highest BCUT2D eigenvalue weighted by Gasteiger charge is 2.14. The molecule has 0 saturated carbocycles. The number of aromatic nitrogens is 3. The van der Waals surface area contributed by atoms with E-state index in [1.165, 1.54) is 0 Å². The minimum Gasteiger partial charge on any atom is -0.271 e. The Hall–Kier alpha value is -1.66. The molecule has 21 heavy (non-hydrogen) atoms. The molecule has 1 unspecified atom stereocenters. The Labute approximate surface area is 133 Å². The summed E-state index contributed by atoms with van der Waals surface area (Å²) >= 11 is 5.92. The molecule has 1 heterocycles. The van der Waals surface area contributed by atoms with E-state index in [0.29, 0.717) is 5.02 Å². The quantitative estimate of drug-likeness (QED) is 0.574. The first-order valence-corrected chi connectivity index (χ1v) is 6.58. The largest absolute Gasteiger partial charge is 0.271 e. The standard InChI is InChI=1S/C14H14ClN5.ClH/c1-20-13-8-10(4-7-12(13)18-19-20)14(17-16)9-2-5-11(15)6-3-9;/h2-8,14,17H,16H2,1H3;1H. The minimum absolute atomic E-state index is 0. The maximum Gasteiger partial charge on any atom is 0.113 e. The highest BCUT2D eigenvalue weighted by Crippen LogP contribution is 2.25. The monoisotopic (exact) mass is 323 g/mol. The summed E-state index contributed by atoms with van der Waals surface area (Å²) in [5.41, 5.74) is 6.77. The Morgan fingerprint density at radius 2 is 1.81 bits per heavy atom. The maximum atomic E-state index is 5.92. The van der Waals surface area contributed by atoms with E-state index < -0.39 is 0 Å². The Morgan fingerprint density at radius 3 is 2.48 bits per heavy atom. The number of rotatable bonds is 3. The van der Waals surface area contributed by atoms with Crippen molar-refractivity contribution in [1.29, 1.82) is 0 Å². The summed E-state index contributed by atoms with van der Waals surface area (Å²) in [6.07, 6.45) is 0. The number of hydrogen-bond donors (Lipinski definition) is 2. The number of nitrogens with zero attached hydrogens (tertiary/aromatic N) is 3. The molecule has 0 radical (unpaired) electrons. The van der Waals surface area contributed by atoms with Crippen LogP contribution in [0.3, 0.4) is 0 Å². The molecule has 7 heteroatoms. The van der Waals surface area contributed by atoms with Crippen molar-refractivity contribution in [3.8, 4) is 0 Å². The topological polar surface area (TPSA) is 68.8 Å². The minimum atomic E-state index is -0.105. The second kappa shape index (κ2) is 6.41. The zero-order valence-electron chi connectivity index (χ0n) is 11.3. The van der Waals surface area contributed by atoms with Crippen LogP contribution in [0, 0.1) is 0 Å². The van der Waals surface area contributed by atoms with E-state index in [1.807, 2.05) is 49.5 Å². The van der Waals surface area contributed by atoms with Crippen LogP contribution in [0.1, 0.15) is 17.2 Å². The molecule has 110 valence electrons. The van der Waals surface area contributed by atoms with Gasteiger partial charge in [-0.15, -0.1) is 17.5 Å². The van der Waals surface area contributed by atoms with Crippen molar-refractivity contribution >= 4 is 35.0 Å². The SMILES string of the molecule is Cl.Cn1nnc2ccc(C(NN)c3ccc(Cl)cc3)cc21. The van der Waals surface area contributed by atoms with Gasteiger partial charge in [0.15, 0.2) is 0 Å². The van der Waals surface area contributed by atoms with Gasteiger partial charge in [-0.05, 0) is 35.4 Å². The predicted octanol–water partition coefficient (Wildman–Crippen LogP) is 2.60. The third-order valence-electron chi connectivity index (χ3n) is 3.34. The third-order valence-corrected chi connectivity index (χ3v) is 3.59. The fraction of sp³-hybridized carbons (Fsp3) is 0.143. The molecule has 3 N–H and O–H groups in total. The predicted molar refractivity (Wildman–Crippen MR) is 86.4 cm³/mol. The van der Waals surface area contributed by atoms with Crippen LogP contribution in [0.4, 0.5) is 0 Å². The van der Waals surface area contributed by atoms with Crippen LogP contribution in [-0.2, 0) is 7.05 Å². The van der Waals surface area contributed by atoms with Crippen molar-refractivity contribution < 1.29 is 0 Å². The molecule has 0 aliphatic rings. The second-order valence-corrected chi connectivity index (χ2v) is 5.05. The zero-order chi connectivity index (χ0) is 14.1. The van der Waals surface area contributed by atoms with Gasteiger partial charge in [0.25, 0.3) is 0 Å². The van der Waals surface area contributed by atoms with Gasteiger partial charge in [0, 0.05) is 12.1 Å². The number of halogens is 2. The molecule has 2 aromatic carbocycles. The van der Waals surface area contributed by atoms with Crippen LogP contribution in [0.15, 0.2) is 42.5 Å². The summed E-state index contributed by atoms with van der Waals surface area (Å²) in [5.74, 6) is 5.71. The molecular weight excluding hydrogens is 309 g/mol. The normalized spacial score (nSPS) is 12.1. The maximum absolute atomic E-state index is 5.92. The first-order valence-electron chi connectivity index (χ1n) is 6.20. The molecule has 0 aliphatic carbocycles. The van der Waals surface area contributed by atoms with Crippen molar-refractivity contribution in [2.45, 2.75) is 6.04 Å². The zero-order valence-corrected chi connectivity index (χ0v) is 12.9. The summed E-state index contributed by atoms with van der Waals surface area (Å²) in [6.45, 7) is 0. The Bertz CT molecular complexity index is 739. The van der Waals surface area contributed by atoms with Gasteiger partial charge in [-0.25, -0.2) is 10.1 Å². The lowest BCUT2D eigenvalue weighted by Gasteiger charge is -2.17. The Morgan fingerprint density at radius 1 is 1.14 bits per heavy atom. The number of hydrazine groups is 1. The average Bonchev–Trinajstić information content (AvgIpc) is 2.83. The number of benzene rings is 2. The first kappa shape index (κ1) is 15.7. The van der Waals surface area contributed by atoms with Crippen LogP contribution in [-0.4, -0.2) is 15.0 Å². The van der Waals surface area contributed by atoms with Crippen LogP contribution >= 0.6 is 24.0 Å². The van der Waals surface area contributed by atoms with E-state index in [1.54, 1.807) is 4.68 Å². The molecule has 0 amide bonds. The number of nitrogens with two attached hydrogens (primary N) is 1. The van der Waals surface area contributed by atoms with Crippen molar-refractivity contribution in [3.05, 3.63) is 58.6 Å². The lowest BCUT2D eigenvalue weighted by molar-refractivity contribution is 0.637. The van der Waals surface area contributed by atoms with Gasteiger partial charge in [-0.1, -0.05) is 35.0 Å². The van der Waals surface area contributed by atoms with Gasteiger partial charge < -0.3 is 0 Å². The Balaban J connectivity index is 0.00000161. The van der Waals surface area contributed by atoms with E-state index in [4.69, 9.17) is 17.4 Å². The molecule has 1 atom stereocenters. The first-order chi connectivity index (χ1) is 9.69. The van der Waals surface area contributed by atoms with Crippen molar-refractivity contribution in [2.75, 3.05) is 0 Å². The molecule has 0 aliphatic heterocycles. The summed E-state index contributed by atoms with van der Waals surface area (Å²) in [4.78, 5) is 0. The molecular formula is C14H15Cl2N5. The summed E-state index contributed by atoms with van der Waals surface area (Å²) in [7, 11) is 1.87. The van der Waals surface area contributed by atoms with Gasteiger partial charge in [-0.3, -0.25) is 5.84 Å². The molecule has 5 nitrogen and oxygen atoms in total. The Kier molecular flexibility index (Phi) is 4.80. The lowest BCUT2D eigenvalue weighted by atomic mass is 9.99. The van der Waals surface area contributed by atoms with E-state index in [-0.39, 0.29) is 18.4 Å². The van der Waals surface area contributed by atoms with E-state index >= 15 is 0 Å². The van der Waals surface area contributed by atoms with Crippen LogP contribution < -0.4 is 11.3 Å². The molecule has 1 aromatic heterocycles. The van der Waals surface area contributed by atoms with Crippen LogP contribution in [0.25, 0.3) is 11.0 Å². The van der Waals surface area contributed by atoms with Gasteiger partial charge in [0.1, 0.15) is 5.52 Å².